The molecule has 0 saturated heterocycles. The second kappa shape index (κ2) is 12.2. The summed E-state index contributed by atoms with van der Waals surface area (Å²) in [4.78, 5) is 8.91. The first-order chi connectivity index (χ1) is 20.2. The molecular weight excluding hydrogens is 579 g/mol. The van der Waals surface area contributed by atoms with Crippen LogP contribution in [0.2, 0.25) is 5.02 Å². The summed E-state index contributed by atoms with van der Waals surface area (Å²) in [5.41, 5.74) is 1.98. The molecule has 0 bridgehead atoms. The fraction of sp³-hybridized carbons (Fsp3) is 0.290. The van der Waals surface area contributed by atoms with Gasteiger partial charge in [0.05, 0.1) is 28.6 Å². The number of hydrogen-bond donors (Lipinski definition) is 1. The van der Waals surface area contributed by atoms with Gasteiger partial charge in [-0.05, 0) is 73.5 Å². The lowest BCUT2D eigenvalue weighted by atomic mass is 9.84. The van der Waals surface area contributed by atoms with E-state index in [1.54, 1.807) is 37.5 Å². The number of nitrogens with one attached hydrogen (secondary N) is 1. The maximum absolute atomic E-state index is 13.5. The highest BCUT2D eigenvalue weighted by Crippen LogP contribution is 2.42. The van der Waals surface area contributed by atoms with Crippen molar-refractivity contribution in [1.82, 2.24) is 14.3 Å². The van der Waals surface area contributed by atoms with Crippen LogP contribution in [0.1, 0.15) is 38.3 Å². The Morgan fingerprint density at radius 3 is 2.67 bits per heavy atom. The van der Waals surface area contributed by atoms with E-state index >= 15 is 0 Å². The largest absolute Gasteiger partial charge is 0.488 e. The van der Waals surface area contributed by atoms with Gasteiger partial charge in [-0.1, -0.05) is 36.7 Å². The molecule has 3 aromatic carbocycles. The first kappa shape index (κ1) is 29.8. The van der Waals surface area contributed by atoms with Crippen molar-refractivity contribution in [2.24, 2.45) is 0 Å². The van der Waals surface area contributed by atoms with Gasteiger partial charge in [0.1, 0.15) is 30.3 Å². The SMILES string of the molecule is CCN(C(C)C1(c2ccc3ncnc(Nc4ccc(OCc5cccc(F)c5)c(Cl)c4)c3c2)CC=CO1)S(=O)(=O)CC. The molecule has 2 heterocycles. The van der Waals surface area contributed by atoms with Gasteiger partial charge >= 0.3 is 0 Å². The molecule has 1 aliphatic rings. The average molecular weight is 611 g/mol. The minimum atomic E-state index is -3.47. The molecule has 42 heavy (non-hydrogen) atoms. The first-order valence-corrected chi connectivity index (χ1v) is 15.7. The molecule has 0 amide bonds. The van der Waals surface area contributed by atoms with E-state index in [9.17, 15) is 12.8 Å². The van der Waals surface area contributed by atoms with Gasteiger partial charge in [0.25, 0.3) is 0 Å². The maximum Gasteiger partial charge on any atom is 0.214 e. The van der Waals surface area contributed by atoms with Crippen molar-refractivity contribution in [2.75, 3.05) is 17.6 Å². The van der Waals surface area contributed by atoms with Crippen LogP contribution in [0.15, 0.2) is 79.3 Å². The fourth-order valence-corrected chi connectivity index (χ4v) is 6.90. The van der Waals surface area contributed by atoms with Crippen LogP contribution in [0.4, 0.5) is 15.9 Å². The molecule has 1 aliphatic heterocycles. The molecule has 11 heteroatoms. The van der Waals surface area contributed by atoms with Crippen LogP contribution < -0.4 is 10.1 Å². The van der Waals surface area contributed by atoms with Gasteiger partial charge in [-0.15, -0.1) is 0 Å². The van der Waals surface area contributed by atoms with Gasteiger partial charge in [0, 0.05) is 24.0 Å². The quantitative estimate of drug-likeness (QED) is 0.197. The summed E-state index contributed by atoms with van der Waals surface area (Å²) in [7, 11) is -3.47. The van der Waals surface area contributed by atoms with Crippen molar-refractivity contribution in [3.8, 4) is 5.75 Å². The van der Waals surface area contributed by atoms with Gasteiger partial charge < -0.3 is 14.8 Å². The normalized spacial score (nSPS) is 17.4. The average Bonchev–Trinajstić information content (AvgIpc) is 3.48. The number of anilines is 2. The highest BCUT2D eigenvalue weighted by Gasteiger charge is 2.46. The molecule has 0 radical (unpaired) electrons. The van der Waals surface area contributed by atoms with Crippen LogP contribution in [0.5, 0.6) is 5.75 Å². The molecular formula is C31H32ClFN4O4S. The standard InChI is InChI=1S/C31H32ClFN4O4S/c1-4-37(42(38,39)5-2)21(3)31(14-7-15-41-31)23-10-12-28-26(17-23)30(35-20-34-28)36-25-11-13-29(27(32)18-25)40-19-22-8-6-9-24(33)16-22/h6-13,15-18,20-21H,4-5,14,19H2,1-3H3,(H,34,35,36). The summed E-state index contributed by atoms with van der Waals surface area (Å²) in [6.07, 6.45) is 5.53. The van der Waals surface area contributed by atoms with Crippen LogP contribution in [0.3, 0.4) is 0 Å². The highest BCUT2D eigenvalue weighted by atomic mass is 35.5. The van der Waals surface area contributed by atoms with Crippen LogP contribution in [0.25, 0.3) is 10.9 Å². The van der Waals surface area contributed by atoms with Crippen molar-refractivity contribution in [2.45, 2.75) is 45.4 Å². The fourth-order valence-electron chi connectivity index (χ4n) is 5.29. The molecule has 8 nitrogen and oxygen atoms in total. The van der Waals surface area contributed by atoms with Gasteiger partial charge in [0.15, 0.2) is 5.60 Å². The summed E-state index contributed by atoms with van der Waals surface area (Å²) in [6, 6.07) is 16.8. The molecule has 0 saturated carbocycles. The molecule has 4 aromatic rings. The molecule has 2 unspecified atom stereocenters. The monoisotopic (exact) mass is 610 g/mol. The smallest absolute Gasteiger partial charge is 0.214 e. The van der Waals surface area contributed by atoms with Crippen molar-refractivity contribution >= 4 is 44.0 Å². The number of aromatic nitrogens is 2. The zero-order valence-corrected chi connectivity index (χ0v) is 25.1. The predicted octanol–water partition coefficient (Wildman–Crippen LogP) is 6.93. The van der Waals surface area contributed by atoms with Gasteiger partial charge in [-0.3, -0.25) is 0 Å². The van der Waals surface area contributed by atoms with E-state index in [1.807, 2.05) is 44.2 Å². The third kappa shape index (κ3) is 5.92. The summed E-state index contributed by atoms with van der Waals surface area (Å²) in [5, 5.41) is 4.44. The van der Waals surface area contributed by atoms with Crippen molar-refractivity contribution in [3.05, 3.63) is 101 Å². The zero-order valence-electron chi connectivity index (χ0n) is 23.6. The lowest BCUT2D eigenvalue weighted by Crippen LogP contribution is -2.51. The van der Waals surface area contributed by atoms with Crippen molar-refractivity contribution < 1.29 is 22.3 Å². The van der Waals surface area contributed by atoms with Crippen LogP contribution in [0, 0.1) is 5.82 Å². The Hall–Kier alpha value is -3.73. The number of nitrogens with zero attached hydrogens (tertiary/aromatic N) is 3. The Balaban J connectivity index is 1.43. The molecule has 0 aliphatic carbocycles. The highest BCUT2D eigenvalue weighted by molar-refractivity contribution is 7.89. The number of likely N-dealkylation sites (N-methyl/N-ethyl adjacent to an activating group) is 1. The predicted molar refractivity (Wildman–Crippen MR) is 163 cm³/mol. The van der Waals surface area contributed by atoms with E-state index < -0.39 is 21.7 Å². The Kier molecular flexibility index (Phi) is 8.68. The lowest BCUT2D eigenvalue weighted by Gasteiger charge is -2.40. The van der Waals surface area contributed by atoms with E-state index in [2.05, 4.69) is 15.3 Å². The summed E-state index contributed by atoms with van der Waals surface area (Å²) < 4.78 is 52.9. The molecule has 5 rings (SSSR count). The van der Waals surface area contributed by atoms with E-state index in [-0.39, 0.29) is 18.2 Å². The Morgan fingerprint density at radius 2 is 1.98 bits per heavy atom. The van der Waals surface area contributed by atoms with E-state index in [1.165, 1.54) is 22.8 Å². The lowest BCUT2D eigenvalue weighted by molar-refractivity contribution is -0.0152. The second-order valence-electron chi connectivity index (χ2n) is 10.0. The van der Waals surface area contributed by atoms with Gasteiger partial charge in [-0.2, -0.15) is 4.31 Å². The number of halogens is 2. The number of benzene rings is 3. The number of hydrogen-bond acceptors (Lipinski definition) is 7. The number of sulfonamides is 1. The number of rotatable bonds is 11. The van der Waals surface area contributed by atoms with E-state index in [0.717, 1.165) is 10.9 Å². The summed E-state index contributed by atoms with van der Waals surface area (Å²) in [5.74, 6) is 0.692. The van der Waals surface area contributed by atoms with Crippen LogP contribution in [-0.4, -0.2) is 41.0 Å². The molecule has 2 atom stereocenters. The molecule has 220 valence electrons. The summed E-state index contributed by atoms with van der Waals surface area (Å²) >= 11 is 6.52. The maximum atomic E-state index is 13.5. The Bertz CT molecular complexity index is 1730. The van der Waals surface area contributed by atoms with Crippen molar-refractivity contribution in [1.29, 1.82) is 0 Å². The Morgan fingerprint density at radius 1 is 1.14 bits per heavy atom. The molecule has 1 aromatic heterocycles. The first-order valence-electron chi connectivity index (χ1n) is 13.7. The third-order valence-corrected chi connectivity index (χ3v) is 9.85. The number of ether oxygens (including phenoxy) is 2. The van der Waals surface area contributed by atoms with Crippen LogP contribution in [-0.2, 0) is 27.0 Å². The van der Waals surface area contributed by atoms with E-state index in [0.29, 0.717) is 46.3 Å². The molecule has 0 fully saturated rings. The van der Waals surface area contributed by atoms with Gasteiger partial charge in [-0.25, -0.2) is 22.8 Å². The van der Waals surface area contributed by atoms with E-state index in [4.69, 9.17) is 21.1 Å². The number of fused-ring (bicyclic) bond motifs is 1. The third-order valence-electron chi connectivity index (χ3n) is 7.54. The topological polar surface area (TPSA) is 93.7 Å². The minimum Gasteiger partial charge on any atom is -0.488 e. The second-order valence-corrected chi connectivity index (χ2v) is 12.6. The summed E-state index contributed by atoms with van der Waals surface area (Å²) in [6.45, 7) is 5.86. The van der Waals surface area contributed by atoms with Gasteiger partial charge in [0.2, 0.25) is 10.0 Å². The molecule has 1 N–H and O–H groups in total. The molecule has 0 spiro atoms. The minimum absolute atomic E-state index is 0.00547. The van der Waals surface area contributed by atoms with Crippen molar-refractivity contribution in [3.63, 3.8) is 0 Å². The van der Waals surface area contributed by atoms with Crippen LogP contribution >= 0.6 is 11.6 Å². The Labute approximate surface area is 250 Å². The zero-order chi connectivity index (χ0) is 29.9.